The van der Waals surface area contributed by atoms with Gasteiger partial charge in [0, 0.05) is 6.61 Å². The first-order valence-corrected chi connectivity index (χ1v) is 18.9. The molecule has 0 aliphatic rings. The summed E-state index contributed by atoms with van der Waals surface area (Å²) >= 11 is 0. The Morgan fingerprint density at radius 1 is 0.488 bits per heavy atom. The van der Waals surface area contributed by atoms with E-state index in [0.29, 0.717) is 6.61 Å². The fraction of sp³-hybridized carbons (Fsp3) is 0.351. The molecule has 4 aromatic carbocycles. The highest BCUT2D eigenvalue weighted by Crippen LogP contribution is 2.44. The summed E-state index contributed by atoms with van der Waals surface area (Å²) in [5.41, 5.74) is 0. The van der Waals surface area contributed by atoms with E-state index in [1.165, 1.54) is 27.2 Å². The Morgan fingerprint density at radius 3 is 0.927 bits per heavy atom. The van der Waals surface area contributed by atoms with Gasteiger partial charge in [0.05, 0.1) is 0 Å². The molecule has 0 fully saturated rings. The molecule has 0 atom stereocenters. The van der Waals surface area contributed by atoms with Gasteiger partial charge in [-0.2, -0.15) is 0 Å². The van der Waals surface area contributed by atoms with E-state index in [4.69, 9.17) is 9.22 Å². The first kappa shape index (κ1) is 32.7. The molecule has 0 bridgehead atoms. The molecule has 0 aromatic heterocycles. The molecule has 4 rings (SSSR count). The molecule has 0 unspecified atom stereocenters. The Balaban J connectivity index is 0.000000696. The van der Waals surface area contributed by atoms with Crippen LogP contribution in [-0.2, 0) is 4.12 Å². The molecule has 4 heteroatoms. The van der Waals surface area contributed by atoms with Crippen LogP contribution in [0.3, 0.4) is 0 Å². The highest BCUT2D eigenvalue weighted by molar-refractivity contribution is 7.11. The van der Waals surface area contributed by atoms with Gasteiger partial charge in [-0.3, -0.25) is 0 Å². The molecule has 218 valence electrons. The first-order valence-electron chi connectivity index (χ1n) is 15.1. The third kappa shape index (κ3) is 7.18. The lowest BCUT2D eigenvalue weighted by atomic mass is 10.2. The number of rotatable bonds is 9. The minimum atomic E-state index is -2.80. The Labute approximate surface area is 251 Å². The molecule has 0 aliphatic heterocycles. The maximum atomic E-state index is 8.20. The normalized spacial score (nSPS) is 12.4. The van der Waals surface area contributed by atoms with Gasteiger partial charge in [0.1, 0.15) is 0 Å². The number of aliphatic hydroxyl groups is 1. The molecule has 4 aromatic rings. The van der Waals surface area contributed by atoms with Crippen LogP contribution in [0.25, 0.3) is 0 Å². The van der Waals surface area contributed by atoms with E-state index in [2.05, 4.69) is 170 Å². The minimum Gasteiger partial charge on any atom is -0.441 e. The lowest BCUT2D eigenvalue weighted by Gasteiger charge is -2.53. The maximum Gasteiger partial charge on any atom is 0.251 e. The summed E-state index contributed by atoms with van der Waals surface area (Å²) < 4.78 is 8.18. The SMILES string of the molecule is CC(C)(C)[Si](O[Si](c1ccccc1)(c1ccccc1)C(C)(C)C)(c1ccccc1)c1ccccc1.CCCCCO. The Bertz CT molecular complexity index is 1100. The Kier molecular flexibility index (Phi) is 11.5. The molecule has 0 heterocycles. The third-order valence-corrected chi connectivity index (χ3v) is 19.2. The van der Waals surface area contributed by atoms with E-state index < -0.39 is 16.6 Å². The van der Waals surface area contributed by atoms with Crippen molar-refractivity contribution in [1.82, 2.24) is 0 Å². The molecule has 0 aliphatic carbocycles. The lowest BCUT2D eigenvalue weighted by Crippen LogP contribution is -2.78. The van der Waals surface area contributed by atoms with Crippen LogP contribution in [0.15, 0.2) is 121 Å². The topological polar surface area (TPSA) is 29.5 Å². The largest absolute Gasteiger partial charge is 0.441 e. The Morgan fingerprint density at radius 2 is 0.756 bits per heavy atom. The molecular weight excluding hydrogens is 533 g/mol. The van der Waals surface area contributed by atoms with Crippen LogP contribution in [0.5, 0.6) is 0 Å². The molecule has 2 nitrogen and oxygen atoms in total. The van der Waals surface area contributed by atoms with E-state index in [-0.39, 0.29) is 10.1 Å². The average Bonchev–Trinajstić information content (AvgIpc) is 2.98. The van der Waals surface area contributed by atoms with Crippen molar-refractivity contribution in [3.63, 3.8) is 0 Å². The fourth-order valence-electron chi connectivity index (χ4n) is 5.89. The average molecular weight is 583 g/mol. The second-order valence-corrected chi connectivity index (χ2v) is 21.7. The van der Waals surface area contributed by atoms with Gasteiger partial charge in [-0.25, -0.2) is 0 Å². The van der Waals surface area contributed by atoms with Crippen LogP contribution < -0.4 is 20.7 Å². The predicted octanol–water partition coefficient (Wildman–Crippen LogP) is 7.29. The molecule has 0 saturated heterocycles. The number of benzene rings is 4. The van der Waals surface area contributed by atoms with E-state index in [1.54, 1.807) is 0 Å². The fourth-order valence-corrected chi connectivity index (χ4v) is 18.8. The summed E-state index contributed by atoms with van der Waals surface area (Å²) in [7, 11) is -5.60. The van der Waals surface area contributed by atoms with E-state index in [1.807, 2.05) is 0 Å². The van der Waals surface area contributed by atoms with Gasteiger partial charge in [-0.05, 0) is 37.2 Å². The molecule has 0 amide bonds. The van der Waals surface area contributed by atoms with Gasteiger partial charge in [0.15, 0.2) is 0 Å². The van der Waals surface area contributed by atoms with Gasteiger partial charge in [0.25, 0.3) is 16.6 Å². The summed E-state index contributed by atoms with van der Waals surface area (Å²) in [5, 5.41) is 13.3. The van der Waals surface area contributed by atoms with Gasteiger partial charge in [-0.1, -0.05) is 183 Å². The highest BCUT2D eigenvalue weighted by Gasteiger charge is 2.60. The molecular formula is C37H50O2Si2. The predicted molar refractivity (Wildman–Crippen MR) is 183 cm³/mol. The lowest BCUT2D eigenvalue weighted by molar-refractivity contribution is 0.284. The zero-order chi connectivity index (χ0) is 30.0. The second kappa shape index (κ2) is 14.4. The Hall–Kier alpha value is -2.77. The summed E-state index contributed by atoms with van der Waals surface area (Å²) in [6, 6.07) is 44.1. The number of hydrogen-bond donors (Lipinski definition) is 1. The van der Waals surface area contributed by atoms with Crippen molar-refractivity contribution in [2.45, 2.75) is 77.8 Å². The third-order valence-electron chi connectivity index (χ3n) is 7.90. The van der Waals surface area contributed by atoms with Crippen LogP contribution in [0, 0.1) is 0 Å². The quantitative estimate of drug-likeness (QED) is 0.166. The monoisotopic (exact) mass is 582 g/mol. The highest BCUT2D eigenvalue weighted by atomic mass is 28.4. The van der Waals surface area contributed by atoms with Crippen molar-refractivity contribution in [1.29, 1.82) is 0 Å². The maximum absolute atomic E-state index is 8.20. The van der Waals surface area contributed by atoms with E-state index in [0.717, 1.165) is 12.8 Å². The van der Waals surface area contributed by atoms with Crippen LogP contribution in [-0.4, -0.2) is 28.3 Å². The van der Waals surface area contributed by atoms with E-state index >= 15 is 0 Å². The molecule has 0 spiro atoms. The minimum absolute atomic E-state index is 0.0945. The second-order valence-electron chi connectivity index (χ2n) is 12.9. The van der Waals surface area contributed by atoms with Crippen molar-refractivity contribution in [3.05, 3.63) is 121 Å². The number of aliphatic hydroxyl groups excluding tert-OH is 1. The van der Waals surface area contributed by atoms with Crippen LogP contribution in [0.4, 0.5) is 0 Å². The van der Waals surface area contributed by atoms with Crippen molar-refractivity contribution in [2.24, 2.45) is 0 Å². The van der Waals surface area contributed by atoms with Crippen LogP contribution in [0.2, 0.25) is 10.1 Å². The molecule has 0 saturated carbocycles. The van der Waals surface area contributed by atoms with Gasteiger partial charge in [0.2, 0.25) is 0 Å². The smallest absolute Gasteiger partial charge is 0.251 e. The molecule has 41 heavy (non-hydrogen) atoms. The number of hydrogen-bond acceptors (Lipinski definition) is 2. The zero-order valence-corrected chi connectivity index (χ0v) is 28.2. The van der Waals surface area contributed by atoms with Crippen LogP contribution >= 0.6 is 0 Å². The van der Waals surface area contributed by atoms with Crippen molar-refractivity contribution >= 4 is 37.4 Å². The van der Waals surface area contributed by atoms with Gasteiger partial charge >= 0.3 is 0 Å². The molecule has 0 radical (unpaired) electrons. The van der Waals surface area contributed by atoms with Crippen molar-refractivity contribution < 1.29 is 9.22 Å². The van der Waals surface area contributed by atoms with Gasteiger partial charge < -0.3 is 9.22 Å². The summed E-state index contributed by atoms with van der Waals surface area (Å²) in [4.78, 5) is 0. The van der Waals surface area contributed by atoms with Gasteiger partial charge in [-0.15, -0.1) is 0 Å². The summed E-state index contributed by atoms with van der Waals surface area (Å²) in [5.74, 6) is 0. The van der Waals surface area contributed by atoms with Crippen molar-refractivity contribution in [3.8, 4) is 0 Å². The van der Waals surface area contributed by atoms with Crippen molar-refractivity contribution in [2.75, 3.05) is 6.61 Å². The first-order chi connectivity index (χ1) is 19.5. The summed E-state index contributed by atoms with van der Waals surface area (Å²) in [6.45, 7) is 16.7. The summed E-state index contributed by atoms with van der Waals surface area (Å²) in [6.07, 6.45) is 3.33. The standard InChI is InChI=1S/C32H38OSi2.C5H12O/c1-31(2,3)34(27-19-11-7-12-20-27,28-21-13-8-14-22-28)33-35(32(4,5)6,29-23-15-9-16-24-29)30-25-17-10-18-26-30;1-2-3-4-5-6/h7-26H,1-6H3;6H,2-5H2,1H3. The van der Waals surface area contributed by atoms with Crippen LogP contribution in [0.1, 0.15) is 67.7 Å². The number of unbranched alkanes of at least 4 members (excludes halogenated alkanes) is 2. The molecule has 1 N–H and O–H groups in total. The van der Waals surface area contributed by atoms with E-state index in [9.17, 15) is 0 Å². The zero-order valence-electron chi connectivity index (χ0n) is 26.2.